The summed E-state index contributed by atoms with van der Waals surface area (Å²) >= 11 is 6.15. The molecule has 0 saturated carbocycles. The van der Waals surface area contributed by atoms with Crippen LogP contribution in [-0.4, -0.2) is 19.7 Å². The molecule has 1 aliphatic heterocycles. The molecule has 1 N–H and O–H groups in total. The fourth-order valence-electron chi connectivity index (χ4n) is 2.91. The number of hydrogen-bond donors (Lipinski definition) is 1. The Kier molecular flexibility index (Phi) is 3.27. The van der Waals surface area contributed by atoms with Crippen molar-refractivity contribution < 1.29 is 0 Å². The summed E-state index contributed by atoms with van der Waals surface area (Å²) in [7, 11) is 0. The lowest BCUT2D eigenvalue weighted by atomic mass is 9.94. The van der Waals surface area contributed by atoms with Crippen molar-refractivity contribution in [3.8, 4) is 0 Å². The van der Waals surface area contributed by atoms with Gasteiger partial charge in [0.2, 0.25) is 5.95 Å². The molecule has 0 saturated heterocycles. The lowest BCUT2D eigenvalue weighted by Crippen LogP contribution is -2.28. The molecule has 0 spiro atoms. The quantitative estimate of drug-likeness (QED) is 0.787. The number of hydrogen-bond acceptors (Lipinski definition) is 4. The van der Waals surface area contributed by atoms with Gasteiger partial charge in [-0.15, -0.1) is 0 Å². The minimum absolute atomic E-state index is 0.0997. The van der Waals surface area contributed by atoms with Crippen molar-refractivity contribution in [2.75, 3.05) is 5.32 Å². The number of nitrogens with one attached hydrogen (secondary N) is 1. The Hall–Kier alpha value is -2.40. The number of pyridine rings is 1. The fraction of sp³-hybridized carbons (Fsp3) is 0.188. The van der Waals surface area contributed by atoms with E-state index in [0.29, 0.717) is 0 Å². The average Bonchev–Trinajstić information content (AvgIpc) is 3.03. The molecule has 1 aliphatic rings. The van der Waals surface area contributed by atoms with Gasteiger partial charge in [0.15, 0.2) is 0 Å². The maximum Gasteiger partial charge on any atom is 0.222 e. The number of benzene rings is 1. The highest BCUT2D eigenvalue weighted by atomic mass is 35.5. The van der Waals surface area contributed by atoms with Crippen molar-refractivity contribution >= 4 is 17.5 Å². The van der Waals surface area contributed by atoms with Crippen LogP contribution in [0.3, 0.4) is 0 Å². The lowest BCUT2D eigenvalue weighted by Gasteiger charge is -2.31. The first-order chi connectivity index (χ1) is 10.8. The van der Waals surface area contributed by atoms with Crippen LogP contribution in [0.5, 0.6) is 0 Å². The van der Waals surface area contributed by atoms with Crippen molar-refractivity contribution in [2.45, 2.75) is 18.5 Å². The van der Waals surface area contributed by atoms with Crippen LogP contribution in [0.2, 0.25) is 5.02 Å². The number of aromatic nitrogens is 4. The normalized spacial score (nSPS) is 20.2. The monoisotopic (exact) mass is 311 g/mol. The van der Waals surface area contributed by atoms with Crippen molar-refractivity contribution in [3.63, 3.8) is 0 Å². The van der Waals surface area contributed by atoms with Crippen LogP contribution in [0, 0.1) is 0 Å². The summed E-state index contributed by atoms with van der Waals surface area (Å²) in [6.07, 6.45) is 6.11. The number of nitrogens with zero attached hydrogens (tertiary/aromatic N) is 4. The molecule has 4 rings (SSSR count). The Morgan fingerprint density at radius 2 is 2.09 bits per heavy atom. The minimum Gasteiger partial charge on any atom is -0.347 e. The van der Waals surface area contributed by atoms with Gasteiger partial charge in [-0.2, -0.15) is 10.1 Å². The van der Waals surface area contributed by atoms with Crippen LogP contribution >= 0.6 is 11.6 Å². The number of rotatable bonds is 2. The molecule has 0 radical (unpaired) electrons. The van der Waals surface area contributed by atoms with E-state index < -0.39 is 0 Å². The molecule has 2 aromatic heterocycles. The predicted molar refractivity (Wildman–Crippen MR) is 84.8 cm³/mol. The van der Waals surface area contributed by atoms with E-state index in [4.69, 9.17) is 11.6 Å². The van der Waals surface area contributed by atoms with E-state index in [1.54, 1.807) is 12.5 Å². The van der Waals surface area contributed by atoms with Crippen molar-refractivity contribution in [1.29, 1.82) is 0 Å². The molecular weight excluding hydrogens is 298 g/mol. The third-order valence-corrected chi connectivity index (χ3v) is 4.19. The minimum atomic E-state index is 0.0997. The number of anilines is 1. The molecule has 5 nitrogen and oxygen atoms in total. The molecule has 110 valence electrons. The van der Waals surface area contributed by atoms with Gasteiger partial charge < -0.3 is 5.32 Å². The molecule has 0 amide bonds. The van der Waals surface area contributed by atoms with E-state index in [1.165, 1.54) is 0 Å². The van der Waals surface area contributed by atoms with Gasteiger partial charge in [-0.05, 0) is 35.7 Å². The summed E-state index contributed by atoms with van der Waals surface area (Å²) in [6, 6.07) is 12.2. The standard InChI is InChI=1S/C16H14ClN5/c17-13-5-1-3-11(7-13)15-8-14(12-4-2-6-18-9-12)21-16-19-10-20-22(15)16/h1-7,9-10,14-15H,8H2,(H,19,20,21)/t14-,15-/m0/s1. The third-order valence-electron chi connectivity index (χ3n) is 3.95. The van der Waals surface area contributed by atoms with Gasteiger partial charge in [0.1, 0.15) is 6.33 Å². The van der Waals surface area contributed by atoms with E-state index >= 15 is 0 Å². The van der Waals surface area contributed by atoms with Crippen LogP contribution in [0.15, 0.2) is 55.1 Å². The zero-order valence-corrected chi connectivity index (χ0v) is 12.5. The molecule has 3 aromatic rings. The van der Waals surface area contributed by atoms with E-state index in [1.807, 2.05) is 35.1 Å². The highest BCUT2D eigenvalue weighted by Crippen LogP contribution is 2.37. The Labute approximate surface area is 133 Å². The van der Waals surface area contributed by atoms with Gasteiger partial charge in [0.25, 0.3) is 0 Å². The SMILES string of the molecule is Clc1cccc([C@@H]2C[C@@H](c3cccnc3)Nc3ncnn32)c1. The Bertz CT molecular complexity index is 786. The summed E-state index contributed by atoms with van der Waals surface area (Å²) in [4.78, 5) is 8.53. The highest BCUT2D eigenvalue weighted by Gasteiger charge is 2.29. The first-order valence-electron chi connectivity index (χ1n) is 7.13. The van der Waals surface area contributed by atoms with Crippen molar-refractivity contribution in [1.82, 2.24) is 19.7 Å². The maximum absolute atomic E-state index is 6.15. The summed E-state index contributed by atoms with van der Waals surface area (Å²) in [5.41, 5.74) is 2.28. The molecular formula is C16H14ClN5. The maximum atomic E-state index is 6.15. The van der Waals surface area contributed by atoms with Crippen LogP contribution < -0.4 is 5.32 Å². The molecule has 0 unspecified atom stereocenters. The topological polar surface area (TPSA) is 55.6 Å². The van der Waals surface area contributed by atoms with E-state index in [9.17, 15) is 0 Å². The van der Waals surface area contributed by atoms with Crippen LogP contribution in [-0.2, 0) is 0 Å². The van der Waals surface area contributed by atoms with E-state index in [-0.39, 0.29) is 12.1 Å². The van der Waals surface area contributed by atoms with Gasteiger partial charge in [0.05, 0.1) is 12.1 Å². The fourth-order valence-corrected chi connectivity index (χ4v) is 3.11. The molecule has 22 heavy (non-hydrogen) atoms. The molecule has 3 heterocycles. The Morgan fingerprint density at radius 1 is 1.18 bits per heavy atom. The first kappa shape index (κ1) is 13.3. The van der Waals surface area contributed by atoms with Crippen LogP contribution in [0.4, 0.5) is 5.95 Å². The first-order valence-corrected chi connectivity index (χ1v) is 7.50. The molecule has 6 heteroatoms. The second kappa shape index (κ2) is 5.42. The molecule has 0 fully saturated rings. The van der Waals surface area contributed by atoms with Crippen LogP contribution in [0.25, 0.3) is 0 Å². The van der Waals surface area contributed by atoms with Gasteiger partial charge in [-0.3, -0.25) is 4.98 Å². The van der Waals surface area contributed by atoms with E-state index in [0.717, 1.165) is 28.5 Å². The smallest absolute Gasteiger partial charge is 0.222 e. The van der Waals surface area contributed by atoms with Crippen molar-refractivity contribution in [2.24, 2.45) is 0 Å². The molecule has 0 bridgehead atoms. The van der Waals surface area contributed by atoms with Gasteiger partial charge in [0, 0.05) is 17.4 Å². The Balaban J connectivity index is 1.75. The van der Waals surface area contributed by atoms with Crippen LogP contribution in [0.1, 0.15) is 29.6 Å². The summed E-state index contributed by atoms with van der Waals surface area (Å²) < 4.78 is 1.92. The molecule has 1 aromatic carbocycles. The lowest BCUT2D eigenvalue weighted by molar-refractivity contribution is 0.430. The summed E-state index contributed by atoms with van der Waals surface area (Å²) in [5.74, 6) is 0.769. The van der Waals surface area contributed by atoms with Gasteiger partial charge >= 0.3 is 0 Å². The van der Waals surface area contributed by atoms with Gasteiger partial charge in [-0.1, -0.05) is 29.8 Å². The third kappa shape index (κ3) is 2.33. The second-order valence-electron chi connectivity index (χ2n) is 5.32. The molecule has 2 atom stereocenters. The average molecular weight is 312 g/mol. The summed E-state index contributed by atoms with van der Waals surface area (Å²) in [6.45, 7) is 0. The van der Waals surface area contributed by atoms with Crippen molar-refractivity contribution in [3.05, 3.63) is 71.3 Å². The zero-order valence-electron chi connectivity index (χ0n) is 11.7. The zero-order chi connectivity index (χ0) is 14.9. The number of fused-ring (bicyclic) bond motifs is 1. The van der Waals surface area contributed by atoms with E-state index in [2.05, 4.69) is 32.5 Å². The molecule has 0 aliphatic carbocycles. The predicted octanol–water partition coefficient (Wildman–Crippen LogP) is 3.47. The Morgan fingerprint density at radius 3 is 2.91 bits per heavy atom. The number of halogens is 1. The highest BCUT2D eigenvalue weighted by molar-refractivity contribution is 6.30. The van der Waals surface area contributed by atoms with Gasteiger partial charge in [-0.25, -0.2) is 4.68 Å². The summed E-state index contributed by atoms with van der Waals surface area (Å²) in [5, 5.41) is 8.51. The second-order valence-corrected chi connectivity index (χ2v) is 5.75. The largest absolute Gasteiger partial charge is 0.347 e.